The van der Waals surface area contributed by atoms with Crippen LogP contribution in [0.5, 0.6) is 0 Å². The van der Waals surface area contributed by atoms with Crippen molar-refractivity contribution in [2.45, 2.75) is 26.3 Å². The molecule has 2 rings (SSSR count). The van der Waals surface area contributed by atoms with Crippen molar-refractivity contribution in [2.24, 2.45) is 4.99 Å². The predicted molar refractivity (Wildman–Crippen MR) is 84.7 cm³/mol. The van der Waals surface area contributed by atoms with Gasteiger partial charge in [0.25, 0.3) is 0 Å². The van der Waals surface area contributed by atoms with E-state index in [0.29, 0.717) is 6.42 Å². The Kier molecular flexibility index (Phi) is 4.81. The fourth-order valence-electron chi connectivity index (χ4n) is 2.44. The van der Waals surface area contributed by atoms with Gasteiger partial charge in [-0.05, 0) is 38.0 Å². The van der Waals surface area contributed by atoms with E-state index in [0.717, 1.165) is 18.7 Å². The molecule has 110 valence electrons. The first kappa shape index (κ1) is 15.0. The van der Waals surface area contributed by atoms with Gasteiger partial charge in [0.05, 0.1) is 17.5 Å². The van der Waals surface area contributed by atoms with E-state index in [2.05, 4.69) is 35.9 Å². The number of anilines is 1. The van der Waals surface area contributed by atoms with Gasteiger partial charge in [0.2, 0.25) is 0 Å². The fourth-order valence-corrected chi connectivity index (χ4v) is 4.08. The van der Waals surface area contributed by atoms with Crippen molar-refractivity contribution in [3.05, 3.63) is 29.8 Å². The Morgan fingerprint density at radius 2 is 1.90 bits per heavy atom. The molecule has 0 spiro atoms. The highest BCUT2D eigenvalue weighted by Crippen LogP contribution is 2.16. The summed E-state index contributed by atoms with van der Waals surface area (Å²) in [5.41, 5.74) is 2.22. The summed E-state index contributed by atoms with van der Waals surface area (Å²) in [6.07, 6.45) is 2.44. The van der Waals surface area contributed by atoms with Crippen LogP contribution in [-0.2, 0) is 9.84 Å². The molecule has 0 bridgehead atoms. The molecule has 1 fully saturated rings. The topological polar surface area (TPSA) is 49.7 Å². The van der Waals surface area contributed by atoms with Gasteiger partial charge in [0.1, 0.15) is 0 Å². The van der Waals surface area contributed by atoms with Crippen LogP contribution in [-0.4, -0.2) is 45.3 Å². The molecule has 0 saturated carbocycles. The van der Waals surface area contributed by atoms with Crippen molar-refractivity contribution < 1.29 is 8.42 Å². The summed E-state index contributed by atoms with van der Waals surface area (Å²) in [4.78, 5) is 6.67. The molecule has 1 aliphatic rings. The Morgan fingerprint density at radius 1 is 1.25 bits per heavy atom. The third-order valence-electron chi connectivity index (χ3n) is 3.66. The van der Waals surface area contributed by atoms with Crippen LogP contribution in [0.15, 0.2) is 29.3 Å². The quantitative estimate of drug-likeness (QED) is 0.782. The molecule has 0 aliphatic carbocycles. The molecule has 0 unspecified atom stereocenters. The molecule has 0 amide bonds. The van der Waals surface area contributed by atoms with Gasteiger partial charge >= 0.3 is 0 Å². The summed E-state index contributed by atoms with van der Waals surface area (Å²) in [5.74, 6) is 0.469. The molecule has 1 heterocycles. The first-order valence-electron chi connectivity index (χ1n) is 7.12. The number of hydrogen-bond donors (Lipinski definition) is 0. The van der Waals surface area contributed by atoms with E-state index in [1.54, 1.807) is 6.21 Å². The summed E-state index contributed by atoms with van der Waals surface area (Å²) < 4.78 is 22.7. The van der Waals surface area contributed by atoms with Crippen molar-refractivity contribution >= 4 is 21.7 Å². The lowest BCUT2D eigenvalue weighted by atomic mass is 10.2. The summed E-state index contributed by atoms with van der Waals surface area (Å²) in [7, 11) is -2.85. The van der Waals surface area contributed by atoms with E-state index in [4.69, 9.17) is 0 Å². The number of hydrogen-bond acceptors (Lipinski definition) is 4. The number of nitrogens with zero attached hydrogens (tertiary/aromatic N) is 2. The normalized spacial score (nSPS) is 21.4. The van der Waals surface area contributed by atoms with Crippen LogP contribution in [0.3, 0.4) is 0 Å². The highest BCUT2D eigenvalue weighted by Gasteiger charge is 2.26. The molecule has 0 radical (unpaired) electrons. The third kappa shape index (κ3) is 3.82. The average molecular weight is 294 g/mol. The maximum absolute atomic E-state index is 11.4. The van der Waals surface area contributed by atoms with E-state index in [1.807, 2.05) is 12.1 Å². The van der Waals surface area contributed by atoms with Crippen LogP contribution in [0.2, 0.25) is 0 Å². The van der Waals surface area contributed by atoms with Gasteiger partial charge in [-0.15, -0.1) is 0 Å². The molecule has 1 saturated heterocycles. The van der Waals surface area contributed by atoms with Gasteiger partial charge < -0.3 is 4.90 Å². The van der Waals surface area contributed by atoms with Gasteiger partial charge in [-0.2, -0.15) is 0 Å². The zero-order chi connectivity index (χ0) is 14.6. The number of aliphatic imine (C=N–C) groups is 1. The number of sulfone groups is 1. The van der Waals surface area contributed by atoms with Gasteiger partial charge in [0, 0.05) is 25.0 Å². The highest BCUT2D eigenvalue weighted by atomic mass is 32.2. The molecule has 4 nitrogen and oxygen atoms in total. The summed E-state index contributed by atoms with van der Waals surface area (Å²) in [6.45, 7) is 6.26. The summed E-state index contributed by atoms with van der Waals surface area (Å²) in [6, 6.07) is 8.16. The minimum Gasteiger partial charge on any atom is -0.372 e. The van der Waals surface area contributed by atoms with E-state index >= 15 is 0 Å². The monoisotopic (exact) mass is 294 g/mol. The second-order valence-corrected chi connectivity index (χ2v) is 7.33. The SMILES string of the molecule is CCN(CC)c1ccc(C=N[C@@H]2CCS(=O)(=O)C2)cc1. The number of rotatable bonds is 5. The molecule has 1 aliphatic heterocycles. The first-order chi connectivity index (χ1) is 9.54. The second kappa shape index (κ2) is 6.39. The summed E-state index contributed by atoms with van der Waals surface area (Å²) >= 11 is 0. The van der Waals surface area contributed by atoms with E-state index in [-0.39, 0.29) is 17.5 Å². The van der Waals surface area contributed by atoms with Crippen LogP contribution in [0, 0.1) is 0 Å². The Morgan fingerprint density at radius 3 is 2.40 bits per heavy atom. The maximum atomic E-state index is 11.4. The van der Waals surface area contributed by atoms with Crippen molar-refractivity contribution in [1.29, 1.82) is 0 Å². The smallest absolute Gasteiger partial charge is 0.152 e. The van der Waals surface area contributed by atoms with E-state index in [1.165, 1.54) is 5.69 Å². The summed E-state index contributed by atoms with van der Waals surface area (Å²) in [5, 5.41) is 0. The van der Waals surface area contributed by atoms with E-state index < -0.39 is 9.84 Å². The Hall–Kier alpha value is -1.36. The molecule has 1 atom stereocenters. The van der Waals surface area contributed by atoms with Gasteiger partial charge in [0.15, 0.2) is 9.84 Å². The zero-order valence-corrected chi connectivity index (χ0v) is 12.9. The first-order valence-corrected chi connectivity index (χ1v) is 8.95. The zero-order valence-electron chi connectivity index (χ0n) is 12.1. The molecular weight excluding hydrogens is 272 g/mol. The second-order valence-electron chi connectivity index (χ2n) is 5.10. The van der Waals surface area contributed by atoms with Crippen LogP contribution in [0.25, 0.3) is 0 Å². The van der Waals surface area contributed by atoms with Gasteiger partial charge in [-0.3, -0.25) is 4.99 Å². The van der Waals surface area contributed by atoms with Gasteiger partial charge in [-0.1, -0.05) is 12.1 Å². The molecule has 0 aromatic heterocycles. The van der Waals surface area contributed by atoms with Crippen molar-refractivity contribution in [2.75, 3.05) is 29.5 Å². The average Bonchev–Trinajstić information content (AvgIpc) is 2.79. The standard InChI is InChI=1S/C15H22N2O2S/c1-3-17(4-2)15-7-5-13(6-8-15)11-16-14-9-10-20(18,19)12-14/h5-8,11,14H,3-4,9-10,12H2,1-2H3/t14-/m1/s1. The largest absolute Gasteiger partial charge is 0.372 e. The highest BCUT2D eigenvalue weighted by molar-refractivity contribution is 7.91. The van der Waals surface area contributed by atoms with Crippen LogP contribution < -0.4 is 4.90 Å². The molecule has 5 heteroatoms. The molecule has 0 N–H and O–H groups in total. The number of benzene rings is 1. The Bertz CT molecular complexity index is 560. The van der Waals surface area contributed by atoms with Crippen molar-refractivity contribution in [1.82, 2.24) is 0 Å². The maximum Gasteiger partial charge on any atom is 0.152 e. The third-order valence-corrected chi connectivity index (χ3v) is 5.41. The fraction of sp³-hybridized carbons (Fsp3) is 0.533. The minimum atomic E-state index is -2.85. The lowest BCUT2D eigenvalue weighted by Gasteiger charge is -2.20. The Balaban J connectivity index is 2.00. The molecule has 20 heavy (non-hydrogen) atoms. The molecular formula is C15H22N2O2S. The predicted octanol–water partition coefficient (Wildman–Crippen LogP) is 2.14. The lowest BCUT2D eigenvalue weighted by molar-refractivity contribution is 0.601. The minimum absolute atomic E-state index is 0.0672. The van der Waals surface area contributed by atoms with Crippen LogP contribution >= 0.6 is 0 Å². The Labute approximate surface area is 121 Å². The van der Waals surface area contributed by atoms with Crippen molar-refractivity contribution in [3.8, 4) is 0 Å². The van der Waals surface area contributed by atoms with Crippen molar-refractivity contribution in [3.63, 3.8) is 0 Å². The molecule has 1 aromatic carbocycles. The van der Waals surface area contributed by atoms with Crippen LogP contribution in [0.1, 0.15) is 25.8 Å². The van der Waals surface area contributed by atoms with E-state index in [9.17, 15) is 8.42 Å². The van der Waals surface area contributed by atoms with Crippen LogP contribution in [0.4, 0.5) is 5.69 Å². The molecule has 1 aromatic rings. The van der Waals surface area contributed by atoms with Gasteiger partial charge in [-0.25, -0.2) is 8.42 Å². The lowest BCUT2D eigenvalue weighted by Crippen LogP contribution is -2.21.